The molecule has 0 radical (unpaired) electrons. The molecule has 0 bridgehead atoms. The van der Waals surface area contributed by atoms with E-state index in [1.807, 2.05) is 19.0 Å². The molecule has 0 atom stereocenters. The summed E-state index contributed by atoms with van der Waals surface area (Å²) in [5, 5.41) is 2.27. The van der Waals surface area contributed by atoms with Crippen molar-refractivity contribution in [2.45, 2.75) is 6.42 Å². The van der Waals surface area contributed by atoms with Gasteiger partial charge in [-0.1, -0.05) is 0 Å². The van der Waals surface area contributed by atoms with Crippen LogP contribution in [0.1, 0.15) is 6.42 Å². The topological polar surface area (TPSA) is 97.5 Å². The number of hydrogen-bond acceptors (Lipinski definition) is 6. The number of nitrogen functional groups attached to an aromatic ring is 2. The molecule has 1 aromatic heterocycles. The Labute approximate surface area is 164 Å². The lowest BCUT2D eigenvalue weighted by Crippen LogP contribution is -2.17. The summed E-state index contributed by atoms with van der Waals surface area (Å²) in [6, 6.07) is 4.78. The minimum atomic E-state index is -1.08. The second-order valence-electron chi connectivity index (χ2n) is 6.92. The molecule has 6 nitrogen and oxygen atoms in total. The van der Waals surface area contributed by atoms with Crippen molar-refractivity contribution in [3.63, 3.8) is 0 Å². The minimum Gasteiger partial charge on any atom is -0.453 e. The molecule has 9 heteroatoms. The smallest absolute Gasteiger partial charge is 0.195 e. The number of nitrogens with two attached hydrogens (primary N) is 2. The Morgan fingerprint density at radius 1 is 1.10 bits per heavy atom. The van der Waals surface area contributed by atoms with Crippen molar-refractivity contribution in [1.82, 2.24) is 4.90 Å². The number of benzene rings is 2. The van der Waals surface area contributed by atoms with Crippen LogP contribution in [0.5, 0.6) is 0 Å². The Morgan fingerprint density at radius 3 is 2.48 bits per heavy atom. The van der Waals surface area contributed by atoms with Crippen molar-refractivity contribution < 1.29 is 17.6 Å². The molecule has 0 fully saturated rings. The highest BCUT2D eigenvalue weighted by Crippen LogP contribution is 2.34. The van der Waals surface area contributed by atoms with Gasteiger partial charge in [0, 0.05) is 18.2 Å². The van der Waals surface area contributed by atoms with E-state index in [-0.39, 0.29) is 23.6 Å². The van der Waals surface area contributed by atoms with Gasteiger partial charge in [0.05, 0.1) is 16.8 Å². The molecule has 0 saturated heterocycles. The molecule has 2 aromatic carbocycles. The Bertz CT molecular complexity index is 1130. The van der Waals surface area contributed by atoms with Crippen LogP contribution < -0.4 is 22.2 Å². The maximum Gasteiger partial charge on any atom is 0.195 e. The number of nitrogens with zero attached hydrogens (tertiary/aromatic N) is 1. The third-order valence-electron chi connectivity index (χ3n) is 4.46. The summed E-state index contributed by atoms with van der Waals surface area (Å²) in [6.45, 7) is 0.991. The SMILES string of the molecule is CN(C)CCCNc1c(F)c(N)c2c(=O)cc(-c3ccc(N)c(F)c3)oc2c1F. The number of rotatable bonds is 6. The molecular formula is C20H21F3N4O2. The van der Waals surface area contributed by atoms with Crippen LogP contribution in [0.4, 0.5) is 30.2 Å². The Balaban J connectivity index is 2.11. The first-order chi connectivity index (χ1) is 13.7. The lowest BCUT2D eigenvalue weighted by molar-refractivity contribution is 0.405. The van der Waals surface area contributed by atoms with Crippen LogP contribution in [0.25, 0.3) is 22.3 Å². The fourth-order valence-electron chi connectivity index (χ4n) is 2.94. The molecule has 29 heavy (non-hydrogen) atoms. The molecule has 0 spiro atoms. The fourth-order valence-corrected chi connectivity index (χ4v) is 2.94. The molecular weight excluding hydrogens is 385 g/mol. The van der Waals surface area contributed by atoms with E-state index in [1.165, 1.54) is 12.1 Å². The standard InChI is InChI=1S/C20H21F3N4O2/c1-27(2)7-3-6-26-19-16(22)18(25)15-13(28)9-14(29-20(15)17(19)23)10-4-5-12(24)11(21)8-10/h4-5,8-9,26H,3,6-7,24-25H2,1-2H3. The van der Waals surface area contributed by atoms with Crippen molar-refractivity contribution in [3.05, 3.63) is 51.9 Å². The summed E-state index contributed by atoms with van der Waals surface area (Å²) < 4.78 is 48.9. The van der Waals surface area contributed by atoms with Gasteiger partial charge in [-0.25, -0.2) is 13.2 Å². The van der Waals surface area contributed by atoms with E-state index in [2.05, 4.69) is 5.32 Å². The average molecular weight is 406 g/mol. The monoisotopic (exact) mass is 406 g/mol. The van der Waals surface area contributed by atoms with E-state index in [0.717, 1.165) is 12.1 Å². The quantitative estimate of drug-likeness (QED) is 0.429. The van der Waals surface area contributed by atoms with Gasteiger partial charge in [-0.05, 0) is 45.3 Å². The third kappa shape index (κ3) is 4.00. The van der Waals surface area contributed by atoms with Gasteiger partial charge in [-0.15, -0.1) is 0 Å². The zero-order chi connectivity index (χ0) is 21.3. The molecule has 0 aliphatic carbocycles. The number of halogens is 3. The number of fused-ring (bicyclic) bond motifs is 1. The summed E-state index contributed by atoms with van der Waals surface area (Å²) in [6.07, 6.45) is 0.624. The fraction of sp³-hybridized carbons (Fsp3) is 0.250. The van der Waals surface area contributed by atoms with E-state index in [0.29, 0.717) is 13.0 Å². The minimum absolute atomic E-state index is 0.0846. The third-order valence-corrected chi connectivity index (χ3v) is 4.46. The predicted molar refractivity (Wildman–Crippen MR) is 108 cm³/mol. The second-order valence-corrected chi connectivity index (χ2v) is 6.92. The van der Waals surface area contributed by atoms with Crippen molar-refractivity contribution in [3.8, 4) is 11.3 Å². The first kappa shape index (κ1) is 20.5. The second kappa shape index (κ2) is 8.04. The van der Waals surface area contributed by atoms with Gasteiger partial charge in [0.2, 0.25) is 0 Å². The largest absolute Gasteiger partial charge is 0.453 e. The van der Waals surface area contributed by atoms with Gasteiger partial charge in [0.15, 0.2) is 22.6 Å². The van der Waals surface area contributed by atoms with E-state index >= 15 is 4.39 Å². The van der Waals surface area contributed by atoms with Crippen LogP contribution in [0.2, 0.25) is 0 Å². The van der Waals surface area contributed by atoms with Gasteiger partial charge in [0.25, 0.3) is 0 Å². The average Bonchev–Trinajstić information content (AvgIpc) is 2.67. The van der Waals surface area contributed by atoms with Gasteiger partial charge in [-0.3, -0.25) is 4.79 Å². The molecule has 5 N–H and O–H groups in total. The van der Waals surface area contributed by atoms with Gasteiger partial charge < -0.3 is 26.1 Å². The molecule has 0 unspecified atom stereocenters. The van der Waals surface area contributed by atoms with Gasteiger partial charge in [0.1, 0.15) is 17.3 Å². The Kier molecular flexibility index (Phi) is 5.69. The highest BCUT2D eigenvalue weighted by molar-refractivity contribution is 5.94. The van der Waals surface area contributed by atoms with Crippen LogP contribution in [0.3, 0.4) is 0 Å². The van der Waals surface area contributed by atoms with Crippen LogP contribution >= 0.6 is 0 Å². The van der Waals surface area contributed by atoms with Gasteiger partial charge in [-0.2, -0.15) is 0 Å². The zero-order valence-electron chi connectivity index (χ0n) is 16.0. The number of hydrogen-bond donors (Lipinski definition) is 3. The lowest BCUT2D eigenvalue weighted by atomic mass is 10.1. The molecule has 3 rings (SSSR count). The van der Waals surface area contributed by atoms with E-state index in [9.17, 15) is 13.6 Å². The lowest BCUT2D eigenvalue weighted by Gasteiger charge is -2.14. The first-order valence-electron chi connectivity index (χ1n) is 8.89. The highest BCUT2D eigenvalue weighted by Gasteiger charge is 2.23. The van der Waals surface area contributed by atoms with E-state index in [1.54, 1.807) is 0 Å². The summed E-state index contributed by atoms with van der Waals surface area (Å²) in [4.78, 5) is 14.4. The Hall–Kier alpha value is -3.20. The molecule has 0 amide bonds. The summed E-state index contributed by atoms with van der Waals surface area (Å²) in [7, 11) is 3.76. The summed E-state index contributed by atoms with van der Waals surface area (Å²) >= 11 is 0. The maximum atomic E-state index is 15.0. The van der Waals surface area contributed by atoms with E-state index in [4.69, 9.17) is 15.9 Å². The molecule has 3 aromatic rings. The van der Waals surface area contributed by atoms with Crippen molar-refractivity contribution in [2.75, 3.05) is 44.0 Å². The van der Waals surface area contributed by atoms with Crippen LogP contribution in [-0.4, -0.2) is 32.1 Å². The van der Waals surface area contributed by atoms with Crippen molar-refractivity contribution in [2.24, 2.45) is 0 Å². The van der Waals surface area contributed by atoms with Crippen LogP contribution in [0, 0.1) is 17.5 Å². The summed E-state index contributed by atoms with van der Waals surface area (Å²) in [5.74, 6) is -2.94. The number of nitrogens with one attached hydrogen (secondary N) is 1. The van der Waals surface area contributed by atoms with Crippen LogP contribution in [-0.2, 0) is 0 Å². The van der Waals surface area contributed by atoms with Gasteiger partial charge >= 0.3 is 0 Å². The van der Waals surface area contributed by atoms with Crippen molar-refractivity contribution in [1.29, 1.82) is 0 Å². The zero-order valence-corrected chi connectivity index (χ0v) is 16.0. The predicted octanol–water partition coefficient (Wildman–Crippen LogP) is 3.41. The first-order valence-corrected chi connectivity index (χ1v) is 8.89. The highest BCUT2D eigenvalue weighted by atomic mass is 19.1. The maximum absolute atomic E-state index is 15.0. The molecule has 0 aliphatic rings. The van der Waals surface area contributed by atoms with Crippen LogP contribution in [0.15, 0.2) is 33.5 Å². The normalized spacial score (nSPS) is 11.4. The molecule has 0 aliphatic heterocycles. The Morgan fingerprint density at radius 2 is 1.83 bits per heavy atom. The molecule has 0 saturated carbocycles. The summed E-state index contributed by atoms with van der Waals surface area (Å²) in [5.41, 5.74) is 9.06. The van der Waals surface area contributed by atoms with Crippen molar-refractivity contribution >= 4 is 28.0 Å². The number of anilines is 3. The molecule has 1 heterocycles. The van der Waals surface area contributed by atoms with E-state index < -0.39 is 45.2 Å². The molecule has 154 valence electrons.